The second-order valence-electron chi connectivity index (χ2n) is 26.8. The number of benzene rings is 2. The number of aliphatic carboxylic acids is 2. The molecule has 1 aliphatic heterocycles. The number of primary sulfonamides is 1. The summed E-state index contributed by atoms with van der Waals surface area (Å²) >= 11 is 21.4. The van der Waals surface area contributed by atoms with Gasteiger partial charge in [-0.05, 0) is 137 Å². The van der Waals surface area contributed by atoms with Crippen molar-refractivity contribution in [2.45, 2.75) is 130 Å². The Morgan fingerprint density at radius 3 is 1.28 bits per heavy atom. The molecular weight excluding hydrogens is 1810 g/mol. The van der Waals surface area contributed by atoms with Crippen LogP contribution in [0, 0.1) is 0 Å². The fourth-order valence-electron chi connectivity index (χ4n) is 7.41. The van der Waals surface area contributed by atoms with E-state index < -0.39 is 168 Å². The molecule has 0 saturated heterocycles. The van der Waals surface area contributed by atoms with E-state index in [0.717, 1.165) is 44.6 Å². The third kappa shape index (κ3) is 64.2. The predicted octanol–water partition coefficient (Wildman–Crippen LogP) is -0.552. The number of aliphatic hydroxyl groups is 1. The topological polar surface area (TPSA) is 719 Å². The van der Waals surface area contributed by atoms with E-state index in [1.165, 1.54) is 50.5 Å². The summed E-state index contributed by atoms with van der Waals surface area (Å²) in [5.74, 6) is -6.52. The van der Waals surface area contributed by atoms with Crippen molar-refractivity contribution >= 4 is 200 Å². The van der Waals surface area contributed by atoms with Gasteiger partial charge in [-0.15, -0.1) is 27.9 Å². The maximum absolute atomic E-state index is 12.9. The zero-order chi connectivity index (χ0) is 94.1. The van der Waals surface area contributed by atoms with Gasteiger partial charge in [-0.2, -0.15) is 0 Å². The standard InChI is InChI=1S/C22H22Cl3N5O6S.C12H23N3O6S.C11H21N3O6S.C6H14N4O4S.C6H12O3.C4H9NO2S3.CH5NO2S/c1-37(35,36)29-22(26)27-9-16(21(33)34)28-19(31)17-15(24)8-12-10-30(7-6-14(12)18(17)25)20(32)11-2-4-13(23)5-3-11;1-8(15-22(6,18)19)13-7-9(10(16)20-5)14-11(17)21-12(2,3)4;1-7(14-21(5,18)19)12-6-8(9(15)16)13-10(17)20-11(2,3)4;1-14-5(11)4(7)3-9-6(8)10-15(2,12)13;1-6(2,3)9-5(8)4-7;1-8-4(9-2)5-10(3,6)7;1-5(2,3)4/h2-5,8,16H,6-7,9-10H2,1H3,(H,28,31)(H,33,34)(H3,26,27,29);9H,7H2,1-6H3,(H,13,15)(H,14,17);8H,6H2,1-5H3,(H,12,14)(H,13,17)(H,15,16);4H,3,7H2,1-2H3,(H3,8,9,10);7H,4H2,1-3H3;1-3H3;1H3,(H2,2,3,4)/t16-;9-;8-;4-;;;/m0000.../s1. The lowest BCUT2D eigenvalue weighted by atomic mass is 9.96. The molecule has 4 atom stereocenters. The first kappa shape index (κ1) is 117. The van der Waals surface area contributed by atoms with Gasteiger partial charge in [0.15, 0.2) is 0 Å². The third-order valence-electron chi connectivity index (χ3n) is 11.6. The molecule has 3 rings (SSSR count). The number of thioether (sulfide) groups is 2. The molecule has 1 heterocycles. The van der Waals surface area contributed by atoms with Crippen LogP contribution in [-0.2, 0) is 121 Å². The summed E-state index contributed by atoms with van der Waals surface area (Å²) in [5, 5.41) is 38.3. The van der Waals surface area contributed by atoms with Gasteiger partial charge in [0.1, 0.15) is 63.6 Å². The average Bonchev–Trinajstić information content (AvgIpc) is 0.773. The van der Waals surface area contributed by atoms with E-state index >= 15 is 0 Å². The Balaban J connectivity index is -0.000000702. The molecule has 0 spiro atoms. The second kappa shape index (κ2) is 53.4. The lowest BCUT2D eigenvalue weighted by molar-refractivity contribution is -0.158. The summed E-state index contributed by atoms with van der Waals surface area (Å²) in [4.78, 5) is 121. The van der Waals surface area contributed by atoms with Crippen molar-refractivity contribution < 1.29 is 133 Å². The maximum Gasteiger partial charge on any atom is 0.408 e. The Kier molecular flexibility index (Phi) is 52.4. The number of rotatable bonds is 23. The number of carbonyl (C=O) groups excluding carboxylic acids is 7. The van der Waals surface area contributed by atoms with Gasteiger partial charge >= 0.3 is 42.0 Å². The minimum Gasteiger partial charge on any atom is -0.480 e. The van der Waals surface area contributed by atoms with E-state index in [4.69, 9.17) is 76.4 Å². The Bertz CT molecular complexity index is 4670. The number of amides is 4. The third-order valence-corrected chi connectivity index (χ3v) is 17.7. The van der Waals surface area contributed by atoms with Crippen LogP contribution in [0.15, 0.2) is 54.7 Å². The number of carboxylic acids is 2. The zero-order valence-electron chi connectivity index (χ0n) is 68.7. The summed E-state index contributed by atoms with van der Waals surface area (Å²) in [7, 11) is -18.1. The summed E-state index contributed by atoms with van der Waals surface area (Å²) in [5.41, 5.74) is 15.6. The van der Waals surface area contributed by atoms with Crippen molar-refractivity contribution in [1.29, 1.82) is 0 Å². The molecule has 2 aromatic rings. The van der Waals surface area contributed by atoms with Crippen LogP contribution in [0.2, 0.25) is 15.1 Å². The van der Waals surface area contributed by atoms with Crippen LogP contribution < -0.4 is 57.2 Å². The number of hydrogen-bond donors (Lipinski definition) is 14. The summed E-state index contributed by atoms with van der Waals surface area (Å²) in [6.07, 6.45) is 7.95. The molecule has 4 amide bonds. The van der Waals surface area contributed by atoms with Gasteiger partial charge in [-0.1, -0.05) is 34.8 Å². The molecule has 1 aliphatic rings. The van der Waals surface area contributed by atoms with Crippen LogP contribution in [0.25, 0.3) is 0 Å². The molecule has 119 heavy (non-hydrogen) atoms. The highest BCUT2D eigenvalue weighted by Crippen LogP contribution is 2.35. The van der Waals surface area contributed by atoms with Crippen molar-refractivity contribution in [1.82, 2.24) is 39.7 Å². The molecule has 46 nitrogen and oxygen atoms in total. The minimum atomic E-state index is -3.71. The van der Waals surface area contributed by atoms with Crippen molar-refractivity contribution in [3.05, 3.63) is 67.7 Å². The largest absolute Gasteiger partial charge is 0.480 e. The maximum atomic E-state index is 12.9. The van der Waals surface area contributed by atoms with Crippen LogP contribution in [0.4, 0.5) is 9.59 Å². The lowest BCUT2D eigenvalue weighted by Gasteiger charge is -2.30. The number of ether oxygens (including phenoxy) is 5. The number of esters is 3. The van der Waals surface area contributed by atoms with E-state index in [1.807, 2.05) is 9.44 Å². The predicted molar refractivity (Wildman–Crippen MR) is 453 cm³/mol. The highest BCUT2D eigenvalue weighted by molar-refractivity contribution is 8.38. The first-order valence-corrected chi connectivity index (χ1v) is 48.0. The Labute approximate surface area is 715 Å². The van der Waals surface area contributed by atoms with Crippen LogP contribution >= 0.6 is 58.3 Å². The second-order valence-corrected chi connectivity index (χ2v) is 40.2. The number of sulfonamides is 6. The van der Waals surface area contributed by atoms with Crippen molar-refractivity contribution in [2.24, 2.45) is 46.7 Å². The first-order valence-electron chi connectivity index (χ1n) is 33.0. The van der Waals surface area contributed by atoms with E-state index in [2.05, 4.69) is 64.4 Å². The molecule has 682 valence electrons. The van der Waals surface area contributed by atoms with Gasteiger partial charge in [0.2, 0.25) is 62.0 Å². The number of nitrogens with one attached hydrogen (secondary N) is 7. The van der Waals surface area contributed by atoms with Crippen molar-refractivity contribution in [3.63, 3.8) is 0 Å². The molecule has 18 N–H and O–H groups in total. The summed E-state index contributed by atoms with van der Waals surface area (Å²) < 4.78 is 163. The summed E-state index contributed by atoms with van der Waals surface area (Å²) in [6, 6.07) is 3.09. The molecular formula is C62H106Cl3N17O29S8. The molecule has 0 saturated carbocycles. The average molecular weight is 1920 g/mol. The molecule has 0 unspecified atom stereocenters. The molecule has 0 aromatic heterocycles. The zero-order valence-corrected chi connectivity index (χ0v) is 77.5. The van der Waals surface area contributed by atoms with Crippen molar-refractivity contribution in [2.75, 3.05) is 104 Å². The molecule has 0 radical (unpaired) electrons. The number of fused-ring (bicyclic) bond motifs is 1. The number of hydrogen-bond acceptors (Lipinski definition) is 34. The number of alkyl carbamates (subject to hydrolysis) is 2. The lowest BCUT2D eigenvalue weighted by Crippen LogP contribution is -2.46. The highest BCUT2D eigenvalue weighted by Gasteiger charge is 2.31. The number of nitrogens with zero attached hydrogens (tertiary/aromatic N) is 6. The number of carbonyl (C=O) groups is 9. The van der Waals surface area contributed by atoms with Gasteiger partial charge in [0.25, 0.3) is 21.8 Å². The van der Waals surface area contributed by atoms with E-state index in [-0.39, 0.29) is 65.3 Å². The highest BCUT2D eigenvalue weighted by atomic mass is 35.5. The molecule has 0 fully saturated rings. The Hall–Kier alpha value is -8.43. The number of carboxylic acid groups (broad SMARTS) is 2. The van der Waals surface area contributed by atoms with Gasteiger partial charge in [-0.3, -0.25) is 48.2 Å². The van der Waals surface area contributed by atoms with E-state index in [9.17, 15) is 98.8 Å². The molecule has 57 heteroatoms. The number of amidine groups is 2. The number of methoxy groups -OCH3 is 2. The van der Waals surface area contributed by atoms with Crippen LogP contribution in [-0.4, -0.2) is 297 Å². The number of aliphatic hydroxyl groups excluding tert-OH is 1. The first-order chi connectivity index (χ1) is 53.6. The molecule has 0 aliphatic carbocycles. The SMILES string of the molecule is CC(=NC[C@H](NC(=O)OC(C)(C)C)C(=O)O)NS(C)(=O)=O.CC(C)(C)OC(=O)CO.COC(=O)[C@@H](N)CN=C(N)NS(C)(=O)=O.COC(=O)[C@H](CN=C(C)NS(C)(=O)=O)NC(=O)OC(C)(C)C.CS(=O)(=O)NC(N)=NC[C@H](NC(=O)c1c(Cl)cc2c(c1Cl)CCN(C(=O)c1ccc(Cl)cc1)C2)C(=O)O.CS(N)(=O)=O.CSC(=NS(C)(=O)=O)SC. The monoisotopic (exact) mass is 1910 g/mol. The van der Waals surface area contributed by atoms with Crippen LogP contribution in [0.3, 0.4) is 0 Å². The van der Waals surface area contributed by atoms with Crippen LogP contribution in [0.1, 0.15) is 108 Å². The van der Waals surface area contributed by atoms with Crippen LogP contribution in [0.5, 0.6) is 0 Å². The van der Waals surface area contributed by atoms with Gasteiger partial charge in [0.05, 0.1) is 93.5 Å². The van der Waals surface area contributed by atoms with E-state index in [0.29, 0.717) is 39.1 Å². The number of aliphatic imine (C=N–C) groups is 4. The molecule has 2 aromatic carbocycles. The normalized spacial score (nSPS) is 13.7. The number of guanidine groups is 2. The number of nitrogens with two attached hydrogens (primary N) is 4. The molecule has 0 bridgehead atoms. The van der Waals surface area contributed by atoms with E-state index in [1.54, 1.807) is 104 Å². The quantitative estimate of drug-likeness (QED) is 0.0287. The van der Waals surface area contributed by atoms with Gasteiger partial charge < -0.3 is 77.1 Å². The summed E-state index contributed by atoms with van der Waals surface area (Å²) in [6.45, 7) is 16.8. The number of halogens is 3. The Morgan fingerprint density at radius 2 is 0.941 bits per heavy atom. The fraction of sp³-hybridized carbons (Fsp3) is 0.581. The van der Waals surface area contributed by atoms with Crippen molar-refractivity contribution in [3.8, 4) is 0 Å². The minimum absolute atomic E-state index is 0.0229. The van der Waals surface area contributed by atoms with Gasteiger partial charge in [-0.25, -0.2) is 89.4 Å². The Morgan fingerprint density at radius 1 is 0.571 bits per heavy atom. The fourth-order valence-corrected chi connectivity index (χ4v) is 12.7. The smallest absolute Gasteiger partial charge is 0.408 e. The van der Waals surface area contributed by atoms with Gasteiger partial charge in [0, 0.05) is 23.7 Å².